The van der Waals surface area contributed by atoms with Gasteiger partial charge in [0, 0.05) is 30.9 Å². The molecule has 0 saturated carbocycles. The van der Waals surface area contributed by atoms with E-state index in [1.54, 1.807) is 24.4 Å². The molecular weight excluding hydrogens is 410 g/mol. The zero-order valence-electron chi connectivity index (χ0n) is 18.5. The molecule has 1 saturated heterocycles. The van der Waals surface area contributed by atoms with Crippen molar-refractivity contribution in [2.45, 2.75) is 38.7 Å². The van der Waals surface area contributed by atoms with E-state index in [1.165, 1.54) is 0 Å². The first-order valence-corrected chi connectivity index (χ1v) is 10.7. The number of morpholine rings is 1. The number of ether oxygens (including phenoxy) is 2. The van der Waals surface area contributed by atoms with Crippen molar-refractivity contribution >= 4 is 5.91 Å². The first-order chi connectivity index (χ1) is 15.5. The van der Waals surface area contributed by atoms with Crippen LogP contribution in [0.1, 0.15) is 49.8 Å². The maximum absolute atomic E-state index is 12.8. The number of aryl methyl sites for hydroxylation is 1. The summed E-state index contributed by atoms with van der Waals surface area (Å²) in [5.41, 5.74) is 2.38. The largest absolute Gasteiger partial charge is 0.497 e. The van der Waals surface area contributed by atoms with E-state index in [0.29, 0.717) is 50.0 Å². The molecule has 1 aliphatic heterocycles. The van der Waals surface area contributed by atoms with Gasteiger partial charge in [0.2, 0.25) is 17.7 Å². The molecule has 168 valence electrons. The summed E-state index contributed by atoms with van der Waals surface area (Å²) in [6.45, 7) is 5.40. The van der Waals surface area contributed by atoms with Crippen molar-refractivity contribution in [1.82, 2.24) is 25.1 Å². The van der Waals surface area contributed by atoms with Gasteiger partial charge in [0.25, 0.3) is 0 Å². The average Bonchev–Trinajstić information content (AvgIpc) is 3.32. The summed E-state index contributed by atoms with van der Waals surface area (Å²) < 4.78 is 16.7. The van der Waals surface area contributed by atoms with Gasteiger partial charge in [-0.1, -0.05) is 13.8 Å². The minimum Gasteiger partial charge on any atom is -0.497 e. The fourth-order valence-corrected chi connectivity index (χ4v) is 3.46. The highest BCUT2D eigenvalue weighted by atomic mass is 16.5. The Morgan fingerprint density at radius 2 is 2.03 bits per heavy atom. The molecule has 9 nitrogen and oxygen atoms in total. The summed E-state index contributed by atoms with van der Waals surface area (Å²) in [4.78, 5) is 23.6. The van der Waals surface area contributed by atoms with Gasteiger partial charge in [-0.05, 0) is 24.3 Å². The first kappa shape index (κ1) is 21.9. The highest BCUT2D eigenvalue weighted by Gasteiger charge is 2.27. The number of nitrogens with zero attached hydrogens (tertiary/aromatic N) is 5. The molecule has 0 radical (unpaired) electrons. The van der Waals surface area contributed by atoms with Gasteiger partial charge >= 0.3 is 0 Å². The predicted molar refractivity (Wildman–Crippen MR) is 116 cm³/mol. The van der Waals surface area contributed by atoms with Crippen molar-refractivity contribution in [3.05, 3.63) is 54.1 Å². The minimum absolute atomic E-state index is 0.0295. The monoisotopic (exact) mass is 437 g/mol. The van der Waals surface area contributed by atoms with Crippen LogP contribution in [0.3, 0.4) is 0 Å². The highest BCUT2D eigenvalue weighted by Crippen LogP contribution is 2.25. The van der Waals surface area contributed by atoms with Crippen molar-refractivity contribution < 1.29 is 18.7 Å². The molecule has 1 amide bonds. The highest BCUT2D eigenvalue weighted by molar-refractivity contribution is 5.76. The molecule has 0 spiro atoms. The number of benzene rings is 1. The Morgan fingerprint density at radius 3 is 2.75 bits per heavy atom. The van der Waals surface area contributed by atoms with E-state index in [9.17, 15) is 4.79 Å². The van der Waals surface area contributed by atoms with E-state index in [-0.39, 0.29) is 17.9 Å². The number of hydrogen-bond acceptors (Lipinski definition) is 8. The summed E-state index contributed by atoms with van der Waals surface area (Å²) >= 11 is 0. The average molecular weight is 438 g/mol. The molecule has 1 fully saturated rings. The fourth-order valence-electron chi connectivity index (χ4n) is 3.46. The third kappa shape index (κ3) is 5.11. The molecule has 9 heteroatoms. The van der Waals surface area contributed by atoms with E-state index in [4.69, 9.17) is 18.9 Å². The Kier molecular flexibility index (Phi) is 6.75. The van der Waals surface area contributed by atoms with Crippen LogP contribution in [0.2, 0.25) is 0 Å². The Labute approximate surface area is 186 Å². The Balaban J connectivity index is 1.39. The molecule has 2 aromatic heterocycles. The summed E-state index contributed by atoms with van der Waals surface area (Å²) in [5.74, 6) is 2.06. The van der Waals surface area contributed by atoms with Crippen molar-refractivity contribution in [3.8, 4) is 17.0 Å². The molecule has 1 atom stereocenters. The number of rotatable bonds is 7. The zero-order chi connectivity index (χ0) is 22.5. The van der Waals surface area contributed by atoms with E-state index in [0.717, 1.165) is 17.0 Å². The van der Waals surface area contributed by atoms with Crippen LogP contribution in [-0.4, -0.2) is 57.8 Å². The lowest BCUT2D eigenvalue weighted by Gasteiger charge is -2.32. The van der Waals surface area contributed by atoms with Crippen LogP contribution in [0.5, 0.6) is 5.75 Å². The smallest absolute Gasteiger partial charge is 0.223 e. The number of aromatic nitrogens is 4. The topological polar surface area (TPSA) is 103 Å². The maximum Gasteiger partial charge on any atom is 0.223 e. The Morgan fingerprint density at radius 1 is 1.22 bits per heavy atom. The van der Waals surface area contributed by atoms with Crippen LogP contribution >= 0.6 is 0 Å². The van der Waals surface area contributed by atoms with Crippen LogP contribution < -0.4 is 4.74 Å². The van der Waals surface area contributed by atoms with E-state index < -0.39 is 0 Å². The van der Waals surface area contributed by atoms with Crippen LogP contribution in [0.15, 0.2) is 41.1 Å². The minimum atomic E-state index is -0.325. The summed E-state index contributed by atoms with van der Waals surface area (Å²) in [6.07, 6.45) is 3.82. The lowest BCUT2D eigenvalue weighted by Crippen LogP contribution is -2.42. The van der Waals surface area contributed by atoms with Gasteiger partial charge in [0.15, 0.2) is 0 Å². The maximum atomic E-state index is 12.8. The third-order valence-corrected chi connectivity index (χ3v) is 5.32. The SMILES string of the molecule is COc1ccc(-c2cncc(C3CN(C(=O)CCc4nnc(C(C)C)o4)CCO3)n2)cc1. The molecule has 0 bridgehead atoms. The fraction of sp³-hybridized carbons (Fsp3) is 0.435. The molecule has 32 heavy (non-hydrogen) atoms. The number of amides is 1. The van der Waals surface area contributed by atoms with Gasteiger partial charge < -0.3 is 18.8 Å². The van der Waals surface area contributed by atoms with Gasteiger partial charge in [0.05, 0.1) is 44.0 Å². The predicted octanol–water partition coefficient (Wildman–Crippen LogP) is 3.19. The molecule has 1 aromatic carbocycles. The van der Waals surface area contributed by atoms with Crippen LogP contribution in [0, 0.1) is 0 Å². The Hall–Kier alpha value is -3.33. The molecule has 4 rings (SSSR count). The van der Waals surface area contributed by atoms with Gasteiger partial charge in [-0.2, -0.15) is 0 Å². The standard InChI is InChI=1S/C23H27N5O4/c1-15(2)23-27-26-21(32-23)8-9-22(29)28-10-11-31-20(14-28)19-13-24-12-18(25-19)16-4-6-17(30-3)7-5-16/h4-7,12-13,15,20H,8-11,14H2,1-3H3. The first-order valence-electron chi connectivity index (χ1n) is 10.7. The summed E-state index contributed by atoms with van der Waals surface area (Å²) in [7, 11) is 1.63. The summed E-state index contributed by atoms with van der Waals surface area (Å²) in [6, 6.07) is 7.64. The molecular formula is C23H27N5O4. The second-order valence-electron chi connectivity index (χ2n) is 7.95. The molecule has 1 aliphatic rings. The molecule has 0 N–H and O–H groups in total. The van der Waals surface area contributed by atoms with Crippen LogP contribution in [0.4, 0.5) is 0 Å². The molecule has 0 aliphatic carbocycles. The lowest BCUT2D eigenvalue weighted by atomic mass is 10.1. The van der Waals surface area contributed by atoms with Gasteiger partial charge in [-0.3, -0.25) is 9.78 Å². The van der Waals surface area contributed by atoms with Crippen molar-refractivity contribution in [1.29, 1.82) is 0 Å². The summed E-state index contributed by atoms with van der Waals surface area (Å²) in [5, 5.41) is 8.05. The second kappa shape index (κ2) is 9.86. The third-order valence-electron chi connectivity index (χ3n) is 5.32. The van der Waals surface area contributed by atoms with Gasteiger partial charge in [0.1, 0.15) is 11.9 Å². The number of hydrogen-bond donors (Lipinski definition) is 0. The van der Waals surface area contributed by atoms with Gasteiger partial charge in [-0.25, -0.2) is 4.98 Å². The molecule has 1 unspecified atom stereocenters. The number of carbonyl (C=O) groups excluding carboxylic acids is 1. The normalized spacial score (nSPS) is 16.4. The number of carbonyl (C=O) groups is 1. The molecule has 3 aromatic rings. The second-order valence-corrected chi connectivity index (χ2v) is 7.95. The van der Waals surface area contributed by atoms with Gasteiger partial charge in [-0.15, -0.1) is 10.2 Å². The van der Waals surface area contributed by atoms with E-state index >= 15 is 0 Å². The Bertz CT molecular complexity index is 1050. The van der Waals surface area contributed by atoms with Crippen LogP contribution in [0.25, 0.3) is 11.3 Å². The quantitative estimate of drug-likeness (QED) is 0.555. The lowest BCUT2D eigenvalue weighted by molar-refractivity contribution is -0.139. The van der Waals surface area contributed by atoms with Crippen molar-refractivity contribution in [3.63, 3.8) is 0 Å². The van der Waals surface area contributed by atoms with Crippen molar-refractivity contribution in [2.75, 3.05) is 26.8 Å². The van der Waals surface area contributed by atoms with Crippen molar-refractivity contribution in [2.24, 2.45) is 0 Å². The van der Waals surface area contributed by atoms with E-state index in [2.05, 4.69) is 15.2 Å². The molecule has 3 heterocycles. The zero-order valence-corrected chi connectivity index (χ0v) is 18.5. The van der Waals surface area contributed by atoms with Crippen LogP contribution in [-0.2, 0) is 16.0 Å². The number of methoxy groups -OCH3 is 1. The van der Waals surface area contributed by atoms with E-state index in [1.807, 2.05) is 38.1 Å².